The van der Waals surface area contributed by atoms with E-state index in [4.69, 9.17) is 4.74 Å². The number of para-hydroxylation sites is 1. The quantitative estimate of drug-likeness (QED) is 0.566. The van der Waals surface area contributed by atoms with Gasteiger partial charge < -0.3 is 9.84 Å². The highest BCUT2D eigenvalue weighted by Crippen LogP contribution is 2.45. The van der Waals surface area contributed by atoms with Crippen molar-refractivity contribution in [2.24, 2.45) is 0 Å². The van der Waals surface area contributed by atoms with Crippen LogP contribution in [0.4, 0.5) is 5.13 Å². The second-order valence-electron chi connectivity index (χ2n) is 6.97. The fraction of sp³-hybridized carbons (Fsp3) is 0.238. The molecule has 0 saturated heterocycles. The first-order chi connectivity index (χ1) is 14.4. The number of thiophene rings is 1. The number of amides is 1. The number of anilines is 1. The van der Waals surface area contributed by atoms with Crippen LogP contribution in [0, 0.1) is 0 Å². The standard InChI is InChI=1S/C21H19N3O4S2/c1-11(2)19-22-23-21(30-19)24-16(12-7-4-5-8-13(12)28-3)15(18(26)20(24)27)17(25)14-9-6-10-29-14/h4-11,16,26H,1-3H3/t16-/m1/s1. The molecule has 30 heavy (non-hydrogen) atoms. The van der Waals surface area contributed by atoms with Gasteiger partial charge in [-0.1, -0.05) is 49.4 Å². The van der Waals surface area contributed by atoms with Crippen molar-refractivity contribution in [1.29, 1.82) is 0 Å². The molecule has 0 aliphatic carbocycles. The molecule has 1 aliphatic heterocycles. The Morgan fingerprint density at radius 2 is 1.97 bits per heavy atom. The highest BCUT2D eigenvalue weighted by atomic mass is 32.1. The Morgan fingerprint density at radius 1 is 1.20 bits per heavy atom. The van der Waals surface area contributed by atoms with Gasteiger partial charge in [0.2, 0.25) is 10.9 Å². The van der Waals surface area contributed by atoms with E-state index in [-0.39, 0.29) is 11.5 Å². The number of rotatable bonds is 6. The van der Waals surface area contributed by atoms with E-state index >= 15 is 0 Å². The molecule has 3 aromatic rings. The fourth-order valence-corrected chi connectivity index (χ4v) is 4.87. The first-order valence-electron chi connectivity index (χ1n) is 9.25. The van der Waals surface area contributed by atoms with Gasteiger partial charge in [0, 0.05) is 11.5 Å². The molecule has 1 N–H and O–H groups in total. The topological polar surface area (TPSA) is 92.6 Å². The summed E-state index contributed by atoms with van der Waals surface area (Å²) in [4.78, 5) is 28.2. The maximum absolute atomic E-state index is 13.3. The minimum Gasteiger partial charge on any atom is -0.503 e. The molecule has 7 nitrogen and oxygen atoms in total. The molecule has 0 radical (unpaired) electrons. The number of aromatic nitrogens is 2. The molecule has 2 aromatic heterocycles. The van der Waals surface area contributed by atoms with E-state index in [1.807, 2.05) is 13.8 Å². The van der Waals surface area contributed by atoms with Crippen molar-refractivity contribution in [3.05, 3.63) is 68.6 Å². The van der Waals surface area contributed by atoms with Crippen LogP contribution in [-0.4, -0.2) is 34.1 Å². The molecule has 0 bridgehead atoms. The van der Waals surface area contributed by atoms with E-state index in [1.54, 1.807) is 41.8 Å². The van der Waals surface area contributed by atoms with E-state index < -0.39 is 23.5 Å². The normalized spacial score (nSPS) is 16.6. The lowest BCUT2D eigenvalue weighted by Crippen LogP contribution is -2.31. The van der Waals surface area contributed by atoms with E-state index in [0.29, 0.717) is 21.3 Å². The molecule has 1 aliphatic rings. The molecule has 1 aromatic carbocycles. The average Bonchev–Trinajstić information content (AvgIpc) is 3.48. The van der Waals surface area contributed by atoms with Crippen molar-refractivity contribution < 1.29 is 19.4 Å². The number of hydrogen-bond donors (Lipinski definition) is 1. The van der Waals surface area contributed by atoms with E-state index in [0.717, 1.165) is 5.01 Å². The van der Waals surface area contributed by atoms with Gasteiger partial charge in [-0.05, 0) is 17.5 Å². The Labute approximate surface area is 181 Å². The molecule has 0 spiro atoms. The van der Waals surface area contributed by atoms with Crippen LogP contribution in [0.3, 0.4) is 0 Å². The summed E-state index contributed by atoms with van der Waals surface area (Å²) in [7, 11) is 1.52. The molecule has 9 heteroatoms. The van der Waals surface area contributed by atoms with E-state index in [2.05, 4.69) is 10.2 Å². The molecule has 3 heterocycles. The van der Waals surface area contributed by atoms with Gasteiger partial charge in [0.15, 0.2) is 5.76 Å². The van der Waals surface area contributed by atoms with Crippen LogP contribution in [0.15, 0.2) is 53.1 Å². The van der Waals surface area contributed by atoms with Crippen LogP contribution in [0.25, 0.3) is 0 Å². The Bertz CT molecular complexity index is 1130. The van der Waals surface area contributed by atoms with Gasteiger partial charge in [-0.3, -0.25) is 14.5 Å². The Kier molecular flexibility index (Phi) is 5.40. The Hall–Kier alpha value is -3.04. The van der Waals surface area contributed by atoms with Gasteiger partial charge in [0.1, 0.15) is 16.8 Å². The number of benzene rings is 1. The fourth-order valence-electron chi connectivity index (χ4n) is 3.32. The summed E-state index contributed by atoms with van der Waals surface area (Å²) in [6.45, 7) is 3.96. The number of carbonyl (C=O) groups excluding carboxylic acids is 2. The summed E-state index contributed by atoms with van der Waals surface area (Å²) in [5.41, 5.74) is 0.590. The summed E-state index contributed by atoms with van der Waals surface area (Å²) in [5.74, 6) is -1.03. The summed E-state index contributed by atoms with van der Waals surface area (Å²) in [5, 5.41) is 22.0. The Balaban J connectivity index is 1.90. The summed E-state index contributed by atoms with van der Waals surface area (Å²) >= 11 is 2.51. The predicted octanol–water partition coefficient (Wildman–Crippen LogP) is 4.51. The number of methoxy groups -OCH3 is 1. The van der Waals surface area contributed by atoms with Crippen molar-refractivity contribution in [3.8, 4) is 5.75 Å². The summed E-state index contributed by atoms with van der Waals surface area (Å²) in [6, 6.07) is 9.66. The molecular weight excluding hydrogens is 422 g/mol. The lowest BCUT2D eigenvalue weighted by Gasteiger charge is -2.25. The summed E-state index contributed by atoms with van der Waals surface area (Å²) in [6.07, 6.45) is 0. The predicted molar refractivity (Wildman–Crippen MR) is 116 cm³/mol. The Morgan fingerprint density at radius 3 is 2.60 bits per heavy atom. The number of hydrogen-bond acceptors (Lipinski definition) is 8. The molecule has 1 atom stereocenters. The number of ether oxygens (including phenoxy) is 1. The number of nitrogens with zero attached hydrogens (tertiary/aromatic N) is 3. The number of ketones is 1. The summed E-state index contributed by atoms with van der Waals surface area (Å²) < 4.78 is 5.49. The van der Waals surface area contributed by atoms with Crippen LogP contribution >= 0.6 is 22.7 Å². The highest BCUT2D eigenvalue weighted by Gasteiger charge is 2.47. The van der Waals surface area contributed by atoms with Crippen LogP contribution in [0.1, 0.15) is 46.0 Å². The average molecular weight is 442 g/mol. The van der Waals surface area contributed by atoms with Gasteiger partial charge in [0.25, 0.3) is 5.91 Å². The van der Waals surface area contributed by atoms with Gasteiger partial charge in [0.05, 0.1) is 17.6 Å². The third-order valence-corrected chi connectivity index (χ3v) is 6.85. The highest BCUT2D eigenvalue weighted by molar-refractivity contribution is 7.15. The van der Waals surface area contributed by atoms with Crippen LogP contribution < -0.4 is 9.64 Å². The molecule has 4 rings (SSSR count). The van der Waals surface area contributed by atoms with Crippen LogP contribution in [-0.2, 0) is 4.79 Å². The van der Waals surface area contributed by atoms with Gasteiger partial charge in [-0.2, -0.15) is 0 Å². The molecule has 0 unspecified atom stereocenters. The minimum absolute atomic E-state index is 0.00764. The number of carbonyl (C=O) groups is 2. The van der Waals surface area contributed by atoms with Crippen LogP contribution in [0.2, 0.25) is 0 Å². The lowest BCUT2D eigenvalue weighted by molar-refractivity contribution is -0.117. The SMILES string of the molecule is COc1ccccc1[C@@H]1C(C(=O)c2cccs2)=C(O)C(=O)N1c1nnc(C(C)C)s1. The number of aliphatic hydroxyl groups excluding tert-OH is 1. The zero-order valence-electron chi connectivity index (χ0n) is 16.5. The second kappa shape index (κ2) is 8.00. The van der Waals surface area contributed by atoms with Crippen molar-refractivity contribution in [2.45, 2.75) is 25.8 Å². The maximum atomic E-state index is 13.3. The smallest absolute Gasteiger partial charge is 0.296 e. The van der Waals surface area contributed by atoms with Gasteiger partial charge in [-0.15, -0.1) is 21.5 Å². The van der Waals surface area contributed by atoms with Crippen molar-refractivity contribution in [1.82, 2.24) is 10.2 Å². The third kappa shape index (κ3) is 3.29. The lowest BCUT2D eigenvalue weighted by atomic mass is 9.95. The van der Waals surface area contributed by atoms with Crippen molar-refractivity contribution in [2.75, 3.05) is 12.0 Å². The van der Waals surface area contributed by atoms with Crippen LogP contribution in [0.5, 0.6) is 5.75 Å². The maximum Gasteiger partial charge on any atom is 0.296 e. The first kappa shape index (κ1) is 20.2. The van der Waals surface area contributed by atoms with E-state index in [1.165, 1.54) is 34.7 Å². The number of Topliss-reactive ketones (excluding diaryl/α,β-unsaturated/α-hetero) is 1. The zero-order valence-corrected chi connectivity index (χ0v) is 18.2. The molecule has 0 fully saturated rings. The second-order valence-corrected chi connectivity index (χ2v) is 8.90. The molecule has 154 valence electrons. The number of aliphatic hydroxyl groups is 1. The van der Waals surface area contributed by atoms with Crippen molar-refractivity contribution in [3.63, 3.8) is 0 Å². The van der Waals surface area contributed by atoms with Gasteiger partial charge in [-0.25, -0.2) is 0 Å². The minimum atomic E-state index is -0.879. The van der Waals surface area contributed by atoms with E-state index in [9.17, 15) is 14.7 Å². The van der Waals surface area contributed by atoms with Crippen molar-refractivity contribution >= 4 is 39.5 Å². The molecule has 0 saturated carbocycles. The molecular formula is C21H19N3O4S2. The zero-order chi connectivity index (χ0) is 21.4. The largest absolute Gasteiger partial charge is 0.503 e. The molecule has 1 amide bonds. The first-order valence-corrected chi connectivity index (χ1v) is 10.9. The monoisotopic (exact) mass is 441 g/mol. The third-order valence-electron chi connectivity index (χ3n) is 4.76. The van der Waals surface area contributed by atoms with Gasteiger partial charge >= 0.3 is 0 Å².